The number of H-pyrrole nitrogens is 1. The van der Waals surface area contributed by atoms with Crippen LogP contribution in [-0.4, -0.2) is 47.3 Å². The second-order valence-electron chi connectivity index (χ2n) is 11.5. The molecule has 45 heavy (non-hydrogen) atoms. The predicted octanol–water partition coefficient (Wildman–Crippen LogP) is 6.76. The van der Waals surface area contributed by atoms with Gasteiger partial charge in [-0.15, -0.1) is 0 Å². The monoisotopic (exact) mass is 756 g/mol. The third kappa shape index (κ3) is 7.00. The summed E-state index contributed by atoms with van der Waals surface area (Å²) in [6.07, 6.45) is 2.10. The smallest absolute Gasteiger partial charge is 0.408 e. The maximum atomic E-state index is 13.8. The molecular formula is C32H30Br2N4O6S. The number of carbonyl (C=O) groups is 3. The van der Waals surface area contributed by atoms with E-state index < -0.39 is 39.4 Å². The number of ketones is 1. The average molecular weight is 758 g/mol. The molecule has 5 rings (SSSR count). The highest BCUT2D eigenvalue weighted by molar-refractivity contribution is 9.10. The summed E-state index contributed by atoms with van der Waals surface area (Å²) in [7, 11) is -4.06. The molecule has 234 valence electrons. The zero-order valence-electron chi connectivity index (χ0n) is 24.8. The number of nitrogens with one attached hydrogen (secondary N) is 3. The summed E-state index contributed by atoms with van der Waals surface area (Å²) in [6.45, 7) is 6.75. The second-order valence-corrected chi connectivity index (χ2v) is 15.1. The summed E-state index contributed by atoms with van der Waals surface area (Å²) in [5.74, 6) is -1.67. The molecular weight excluding hydrogens is 728 g/mol. The molecule has 2 heterocycles. The van der Waals surface area contributed by atoms with E-state index in [1.54, 1.807) is 69.3 Å². The van der Waals surface area contributed by atoms with Crippen LogP contribution in [0, 0.1) is 6.92 Å². The molecule has 0 unspecified atom stereocenters. The maximum absolute atomic E-state index is 13.8. The van der Waals surface area contributed by atoms with Crippen LogP contribution in [-0.2, 0) is 19.6 Å². The van der Waals surface area contributed by atoms with Gasteiger partial charge in [0, 0.05) is 49.7 Å². The van der Waals surface area contributed by atoms with Crippen molar-refractivity contribution in [1.82, 2.24) is 19.6 Å². The van der Waals surface area contributed by atoms with E-state index in [2.05, 4.69) is 47.5 Å². The minimum absolute atomic E-state index is 0.0813. The number of aromatic nitrogens is 2. The molecule has 0 fully saturated rings. The number of benzene rings is 3. The van der Waals surface area contributed by atoms with Gasteiger partial charge in [0.05, 0.1) is 22.0 Å². The molecule has 0 radical (unpaired) electrons. The van der Waals surface area contributed by atoms with Gasteiger partial charge in [0.25, 0.3) is 21.7 Å². The van der Waals surface area contributed by atoms with Crippen molar-refractivity contribution in [1.29, 1.82) is 0 Å². The van der Waals surface area contributed by atoms with Crippen molar-refractivity contribution in [2.24, 2.45) is 0 Å². The van der Waals surface area contributed by atoms with Crippen molar-refractivity contribution in [2.75, 3.05) is 6.54 Å². The van der Waals surface area contributed by atoms with Crippen LogP contribution in [0.5, 0.6) is 0 Å². The van der Waals surface area contributed by atoms with Crippen molar-refractivity contribution < 1.29 is 27.5 Å². The highest BCUT2D eigenvalue weighted by Crippen LogP contribution is 2.32. The number of fused-ring (bicyclic) bond motifs is 2. The Morgan fingerprint density at radius 1 is 0.956 bits per heavy atom. The number of amides is 2. The third-order valence-electron chi connectivity index (χ3n) is 6.97. The Labute approximate surface area is 276 Å². The van der Waals surface area contributed by atoms with E-state index in [0.29, 0.717) is 31.8 Å². The molecule has 1 atom stereocenters. The minimum atomic E-state index is -4.06. The lowest BCUT2D eigenvalue weighted by molar-refractivity contribution is -0.117. The normalized spacial score (nSPS) is 12.7. The molecule has 3 N–H and O–H groups in total. The Balaban J connectivity index is 1.52. The molecule has 0 aliphatic carbocycles. The molecule has 0 aliphatic rings. The number of rotatable bonds is 8. The largest absolute Gasteiger partial charge is 0.444 e. The van der Waals surface area contributed by atoms with Gasteiger partial charge in [0.15, 0.2) is 0 Å². The van der Waals surface area contributed by atoms with Crippen molar-refractivity contribution in [3.63, 3.8) is 0 Å². The molecule has 0 bridgehead atoms. The van der Waals surface area contributed by atoms with Gasteiger partial charge >= 0.3 is 6.09 Å². The van der Waals surface area contributed by atoms with Crippen molar-refractivity contribution in [2.45, 2.75) is 44.2 Å². The van der Waals surface area contributed by atoms with Crippen LogP contribution >= 0.6 is 31.9 Å². The summed E-state index contributed by atoms with van der Waals surface area (Å²) < 4.78 is 35.8. The molecule has 2 aromatic heterocycles. The quantitative estimate of drug-likeness (QED) is 0.118. The first kappa shape index (κ1) is 32.5. The number of hydrogen-bond acceptors (Lipinski definition) is 6. The van der Waals surface area contributed by atoms with Crippen LogP contribution in [0.3, 0.4) is 0 Å². The number of alkyl carbamates (subject to hydrolysis) is 1. The van der Waals surface area contributed by atoms with Crippen LogP contribution in [0.25, 0.3) is 21.8 Å². The van der Waals surface area contributed by atoms with Gasteiger partial charge in [-0.2, -0.15) is 0 Å². The van der Waals surface area contributed by atoms with Crippen LogP contribution in [0.1, 0.15) is 48.3 Å². The zero-order chi connectivity index (χ0) is 32.7. The number of ether oxygens (including phenoxy) is 1. The second kappa shape index (κ2) is 12.5. The fourth-order valence-electron chi connectivity index (χ4n) is 4.87. The lowest BCUT2D eigenvalue weighted by atomic mass is 10.1. The highest BCUT2D eigenvalue weighted by Gasteiger charge is 2.29. The standard InChI is InChI=1S/C32H30Br2N4O6S/c1-18-5-9-21(10-6-18)45(42,43)38-17-25(23-12-8-20(34)14-28(23)38)27(37-31(41)44-32(2,3)4)16-36-30(40)29(39)24-15-35-26-13-19(33)7-11-22(24)26/h5-15,17,27,35H,16H2,1-4H3,(H,36,40)(H,37,41)/t27-/m1/s1. The number of hydrogen-bond donors (Lipinski definition) is 3. The number of Topliss-reactive ketones (excluding diaryl/α,β-unsaturated/α-hetero) is 1. The summed E-state index contributed by atoms with van der Waals surface area (Å²) in [5, 5.41) is 6.47. The van der Waals surface area contributed by atoms with E-state index in [4.69, 9.17) is 4.74 Å². The van der Waals surface area contributed by atoms with Gasteiger partial charge in [-0.3, -0.25) is 9.59 Å². The average Bonchev–Trinajstić information content (AvgIpc) is 3.55. The first-order valence-electron chi connectivity index (χ1n) is 13.9. The Morgan fingerprint density at radius 3 is 2.27 bits per heavy atom. The maximum Gasteiger partial charge on any atom is 0.408 e. The van der Waals surface area contributed by atoms with E-state index in [-0.39, 0.29) is 17.0 Å². The van der Waals surface area contributed by atoms with Crippen LogP contribution in [0.4, 0.5) is 4.79 Å². The molecule has 13 heteroatoms. The van der Waals surface area contributed by atoms with Crippen LogP contribution < -0.4 is 10.6 Å². The fraction of sp³-hybridized carbons (Fsp3) is 0.219. The topological polar surface area (TPSA) is 139 Å². The summed E-state index contributed by atoms with van der Waals surface area (Å²) in [5.41, 5.74) is 1.69. The number of aromatic amines is 1. The Kier molecular flexibility index (Phi) is 8.98. The third-order valence-corrected chi connectivity index (χ3v) is 9.64. The van der Waals surface area contributed by atoms with Gasteiger partial charge < -0.3 is 20.4 Å². The van der Waals surface area contributed by atoms with Crippen molar-refractivity contribution in [3.05, 3.63) is 98.7 Å². The van der Waals surface area contributed by atoms with Gasteiger partial charge in [-0.1, -0.05) is 61.7 Å². The van der Waals surface area contributed by atoms with Crippen LogP contribution in [0.15, 0.2) is 86.9 Å². The van der Waals surface area contributed by atoms with Gasteiger partial charge in [-0.25, -0.2) is 17.2 Å². The number of nitrogens with zero attached hydrogens (tertiary/aromatic N) is 1. The van der Waals surface area contributed by atoms with E-state index in [1.165, 1.54) is 24.5 Å². The Morgan fingerprint density at radius 2 is 1.60 bits per heavy atom. The van der Waals surface area contributed by atoms with Crippen molar-refractivity contribution in [3.8, 4) is 0 Å². The summed E-state index contributed by atoms with van der Waals surface area (Å²) in [6, 6.07) is 15.9. The Bertz CT molecular complexity index is 2060. The fourth-order valence-corrected chi connectivity index (χ4v) is 6.95. The molecule has 0 saturated carbocycles. The Hall–Kier alpha value is -3.94. The molecule has 10 nitrogen and oxygen atoms in total. The van der Waals surface area contributed by atoms with E-state index in [1.807, 2.05) is 6.92 Å². The minimum Gasteiger partial charge on any atom is -0.444 e. The van der Waals surface area contributed by atoms with E-state index >= 15 is 0 Å². The summed E-state index contributed by atoms with van der Waals surface area (Å²) in [4.78, 5) is 42.4. The van der Waals surface area contributed by atoms with Crippen LogP contribution in [0.2, 0.25) is 0 Å². The molecule has 0 aliphatic heterocycles. The van der Waals surface area contributed by atoms with E-state index in [9.17, 15) is 22.8 Å². The predicted molar refractivity (Wildman–Crippen MR) is 179 cm³/mol. The summed E-state index contributed by atoms with van der Waals surface area (Å²) >= 11 is 6.81. The zero-order valence-corrected chi connectivity index (χ0v) is 28.8. The lowest BCUT2D eigenvalue weighted by Crippen LogP contribution is -2.42. The first-order chi connectivity index (χ1) is 21.1. The molecule has 0 spiro atoms. The number of carbonyl (C=O) groups excluding carboxylic acids is 3. The molecule has 5 aromatic rings. The van der Waals surface area contributed by atoms with E-state index in [0.717, 1.165) is 14.0 Å². The van der Waals surface area contributed by atoms with Gasteiger partial charge in [0.1, 0.15) is 5.60 Å². The first-order valence-corrected chi connectivity index (χ1v) is 16.9. The molecule has 2 amide bonds. The van der Waals surface area contributed by atoms with Crippen molar-refractivity contribution >= 4 is 81.5 Å². The lowest BCUT2D eigenvalue weighted by Gasteiger charge is -2.24. The number of aryl methyl sites for hydroxylation is 1. The highest BCUT2D eigenvalue weighted by atomic mass is 79.9. The van der Waals surface area contributed by atoms with Gasteiger partial charge in [-0.05, 0) is 64.1 Å². The van der Waals surface area contributed by atoms with Gasteiger partial charge in [0.2, 0.25) is 0 Å². The SMILES string of the molecule is Cc1ccc(S(=O)(=O)n2cc([C@@H](CNC(=O)C(=O)c3c[nH]c4cc(Br)ccc34)NC(=O)OC(C)(C)C)c3ccc(Br)cc32)cc1. The molecule has 3 aromatic carbocycles. The number of halogens is 2. The molecule has 0 saturated heterocycles.